The molecule has 0 bridgehead atoms. The van der Waals surface area contributed by atoms with Gasteiger partial charge in [-0.25, -0.2) is 0 Å². The first-order chi connectivity index (χ1) is 4.75. The van der Waals surface area contributed by atoms with Gasteiger partial charge in [0.2, 0.25) is 0 Å². The Balaban J connectivity index is 3.17. The van der Waals surface area contributed by atoms with Gasteiger partial charge in [0.05, 0.1) is 5.88 Å². The van der Waals surface area contributed by atoms with Crippen LogP contribution in [0.3, 0.4) is 0 Å². The fourth-order valence-corrected chi connectivity index (χ4v) is 1.62. The first-order valence-corrected chi connectivity index (χ1v) is 4.10. The molecule has 0 saturated carbocycles. The second-order valence-electron chi connectivity index (χ2n) is 1.87. The Morgan fingerprint density at radius 1 is 1.50 bits per heavy atom. The summed E-state index contributed by atoms with van der Waals surface area (Å²) >= 11 is 8.81. The van der Waals surface area contributed by atoms with Crippen LogP contribution in [0.25, 0.3) is 0 Å². The van der Waals surface area contributed by atoms with Gasteiger partial charge < -0.3 is 5.11 Å². The maximum absolute atomic E-state index is 9.18. The van der Waals surface area contributed by atoms with Crippen molar-refractivity contribution in [2.24, 2.45) is 0 Å². The fraction of sp³-hybridized carbons (Fsp3) is 0.143. The van der Waals surface area contributed by atoms with Crippen molar-refractivity contribution in [1.82, 2.24) is 0 Å². The molecular formula is C7H6BrClO. The third-order valence-electron chi connectivity index (χ3n) is 1.23. The SMILES string of the molecule is Oc1cccc(Br)c1CCl. The maximum Gasteiger partial charge on any atom is 0.121 e. The lowest BCUT2D eigenvalue weighted by Crippen LogP contribution is -1.80. The number of alkyl halides is 1. The highest BCUT2D eigenvalue weighted by atomic mass is 79.9. The summed E-state index contributed by atoms with van der Waals surface area (Å²) in [6, 6.07) is 5.22. The van der Waals surface area contributed by atoms with Crippen LogP contribution in [0.5, 0.6) is 5.75 Å². The smallest absolute Gasteiger partial charge is 0.121 e. The average Bonchev–Trinajstić information content (AvgIpc) is 1.88. The van der Waals surface area contributed by atoms with Crippen molar-refractivity contribution in [3.05, 3.63) is 28.2 Å². The van der Waals surface area contributed by atoms with Crippen molar-refractivity contribution in [3.8, 4) is 5.75 Å². The highest BCUT2D eigenvalue weighted by molar-refractivity contribution is 9.10. The van der Waals surface area contributed by atoms with Crippen LogP contribution in [0.4, 0.5) is 0 Å². The van der Waals surface area contributed by atoms with E-state index >= 15 is 0 Å². The van der Waals surface area contributed by atoms with E-state index in [9.17, 15) is 5.11 Å². The molecule has 1 N–H and O–H groups in total. The Kier molecular flexibility index (Phi) is 2.57. The second-order valence-corrected chi connectivity index (χ2v) is 2.99. The molecular weight excluding hydrogens is 215 g/mol. The molecule has 0 saturated heterocycles. The van der Waals surface area contributed by atoms with E-state index in [4.69, 9.17) is 11.6 Å². The fourth-order valence-electron chi connectivity index (χ4n) is 0.680. The van der Waals surface area contributed by atoms with Gasteiger partial charge in [-0.2, -0.15) is 0 Å². The molecule has 0 aromatic heterocycles. The molecule has 0 aliphatic heterocycles. The Labute approximate surface area is 72.8 Å². The standard InChI is InChI=1S/C7H6BrClO/c8-6-2-1-3-7(10)5(6)4-9/h1-3,10H,4H2. The summed E-state index contributed by atoms with van der Waals surface area (Å²) in [6.07, 6.45) is 0. The highest BCUT2D eigenvalue weighted by Gasteiger charge is 2.01. The number of benzene rings is 1. The molecule has 1 aromatic carbocycles. The molecule has 0 aliphatic carbocycles. The van der Waals surface area contributed by atoms with E-state index in [-0.39, 0.29) is 5.75 Å². The van der Waals surface area contributed by atoms with E-state index in [1.54, 1.807) is 12.1 Å². The molecule has 0 fully saturated rings. The number of halogens is 2. The molecule has 0 unspecified atom stereocenters. The molecule has 0 radical (unpaired) electrons. The van der Waals surface area contributed by atoms with Crippen molar-refractivity contribution in [2.45, 2.75) is 5.88 Å². The van der Waals surface area contributed by atoms with Crippen molar-refractivity contribution < 1.29 is 5.11 Å². The van der Waals surface area contributed by atoms with Crippen LogP contribution < -0.4 is 0 Å². The predicted octanol–water partition coefficient (Wildman–Crippen LogP) is 2.89. The lowest BCUT2D eigenvalue weighted by molar-refractivity contribution is 0.470. The Hall–Kier alpha value is -0.210. The first-order valence-electron chi connectivity index (χ1n) is 2.78. The number of rotatable bonds is 1. The number of phenols is 1. The van der Waals surface area contributed by atoms with E-state index in [0.717, 1.165) is 10.0 Å². The van der Waals surface area contributed by atoms with E-state index in [1.807, 2.05) is 6.07 Å². The summed E-state index contributed by atoms with van der Waals surface area (Å²) in [5.74, 6) is 0.567. The summed E-state index contributed by atoms with van der Waals surface area (Å²) < 4.78 is 0.850. The molecule has 1 aromatic rings. The monoisotopic (exact) mass is 220 g/mol. The zero-order chi connectivity index (χ0) is 7.56. The van der Waals surface area contributed by atoms with Gasteiger partial charge in [-0.3, -0.25) is 0 Å². The van der Waals surface area contributed by atoms with Crippen molar-refractivity contribution >= 4 is 27.5 Å². The van der Waals surface area contributed by atoms with E-state index in [2.05, 4.69) is 15.9 Å². The number of hydrogen-bond donors (Lipinski definition) is 1. The van der Waals surface area contributed by atoms with Crippen LogP contribution in [-0.4, -0.2) is 5.11 Å². The van der Waals surface area contributed by atoms with Crippen LogP contribution in [0, 0.1) is 0 Å². The van der Waals surface area contributed by atoms with Gasteiger partial charge in [0.15, 0.2) is 0 Å². The lowest BCUT2D eigenvalue weighted by atomic mass is 10.2. The molecule has 1 nitrogen and oxygen atoms in total. The van der Waals surface area contributed by atoms with Gasteiger partial charge in [-0.05, 0) is 12.1 Å². The Morgan fingerprint density at radius 2 is 2.20 bits per heavy atom. The van der Waals surface area contributed by atoms with Crippen LogP contribution in [-0.2, 0) is 5.88 Å². The Bertz CT molecular complexity index is 217. The molecule has 0 spiro atoms. The van der Waals surface area contributed by atoms with Gasteiger partial charge >= 0.3 is 0 Å². The van der Waals surface area contributed by atoms with E-state index < -0.39 is 0 Å². The van der Waals surface area contributed by atoms with Gasteiger partial charge in [0.25, 0.3) is 0 Å². The molecule has 0 heterocycles. The summed E-state index contributed by atoms with van der Waals surface area (Å²) in [5.41, 5.74) is 0.740. The van der Waals surface area contributed by atoms with Crippen LogP contribution >= 0.6 is 27.5 Å². The van der Waals surface area contributed by atoms with Crippen molar-refractivity contribution in [1.29, 1.82) is 0 Å². The minimum absolute atomic E-state index is 0.240. The molecule has 0 amide bonds. The van der Waals surface area contributed by atoms with Gasteiger partial charge in [-0.1, -0.05) is 22.0 Å². The lowest BCUT2D eigenvalue weighted by Gasteiger charge is -2.00. The number of hydrogen-bond acceptors (Lipinski definition) is 1. The number of phenolic OH excluding ortho intramolecular Hbond substituents is 1. The summed E-state index contributed by atoms with van der Waals surface area (Å²) in [5, 5.41) is 9.18. The predicted molar refractivity (Wildman–Crippen MR) is 45.4 cm³/mol. The third-order valence-corrected chi connectivity index (χ3v) is 2.24. The molecule has 0 aliphatic rings. The van der Waals surface area contributed by atoms with Crippen molar-refractivity contribution in [2.75, 3.05) is 0 Å². The minimum Gasteiger partial charge on any atom is -0.508 e. The molecule has 10 heavy (non-hydrogen) atoms. The summed E-state index contributed by atoms with van der Waals surface area (Å²) in [4.78, 5) is 0. The van der Waals surface area contributed by atoms with Gasteiger partial charge in [-0.15, -0.1) is 11.6 Å². The molecule has 54 valence electrons. The minimum atomic E-state index is 0.240. The summed E-state index contributed by atoms with van der Waals surface area (Å²) in [6.45, 7) is 0. The Morgan fingerprint density at radius 3 is 2.60 bits per heavy atom. The zero-order valence-corrected chi connectivity index (χ0v) is 7.48. The van der Waals surface area contributed by atoms with Crippen LogP contribution in [0.15, 0.2) is 22.7 Å². The largest absolute Gasteiger partial charge is 0.508 e. The molecule has 1 rings (SSSR count). The highest BCUT2D eigenvalue weighted by Crippen LogP contribution is 2.26. The maximum atomic E-state index is 9.18. The van der Waals surface area contributed by atoms with E-state index in [1.165, 1.54) is 0 Å². The number of aromatic hydroxyl groups is 1. The van der Waals surface area contributed by atoms with Gasteiger partial charge in [0.1, 0.15) is 5.75 Å². The molecule has 3 heteroatoms. The third kappa shape index (κ3) is 1.44. The topological polar surface area (TPSA) is 20.2 Å². The first kappa shape index (κ1) is 7.89. The molecule has 0 atom stereocenters. The second kappa shape index (κ2) is 3.26. The zero-order valence-electron chi connectivity index (χ0n) is 5.14. The quantitative estimate of drug-likeness (QED) is 0.723. The van der Waals surface area contributed by atoms with Crippen molar-refractivity contribution in [3.63, 3.8) is 0 Å². The van der Waals surface area contributed by atoms with E-state index in [0.29, 0.717) is 5.88 Å². The normalized spacial score (nSPS) is 9.80. The van der Waals surface area contributed by atoms with Crippen LogP contribution in [0.2, 0.25) is 0 Å². The van der Waals surface area contributed by atoms with Gasteiger partial charge in [0, 0.05) is 10.0 Å². The summed E-state index contributed by atoms with van der Waals surface area (Å²) in [7, 11) is 0. The average molecular weight is 221 g/mol. The van der Waals surface area contributed by atoms with Crippen LogP contribution in [0.1, 0.15) is 5.56 Å².